The van der Waals surface area contributed by atoms with Crippen LogP contribution in [0, 0.1) is 0 Å². The number of likely N-dealkylation sites (tertiary alicyclic amines) is 1. The summed E-state index contributed by atoms with van der Waals surface area (Å²) in [5.41, 5.74) is 1.24. The number of rotatable bonds is 6. The van der Waals surface area contributed by atoms with Crippen LogP contribution in [0.3, 0.4) is 0 Å². The zero-order chi connectivity index (χ0) is 21.1. The molecule has 0 saturated carbocycles. The van der Waals surface area contributed by atoms with Gasteiger partial charge in [-0.1, -0.05) is 34.1 Å². The number of pyridine rings is 1. The predicted molar refractivity (Wildman–Crippen MR) is 114 cm³/mol. The summed E-state index contributed by atoms with van der Waals surface area (Å²) in [5.74, 6) is -1.49. The molecule has 152 valence electrons. The fraction of sp³-hybridized carbons (Fsp3) is 0.182. The molecule has 30 heavy (non-hydrogen) atoms. The molecular weight excluding hydrogens is 448 g/mol. The number of Topliss-reactive ketones (excluding diaryl/α,β-unsaturated/α-hetero) is 1. The monoisotopic (exact) mass is 466 g/mol. The number of hydrogen-bond acceptors (Lipinski definition) is 5. The van der Waals surface area contributed by atoms with Gasteiger partial charge in [0.25, 0.3) is 11.7 Å². The van der Waals surface area contributed by atoms with Gasteiger partial charge in [0.1, 0.15) is 5.76 Å². The first-order valence-electron chi connectivity index (χ1n) is 9.46. The molecule has 1 unspecified atom stereocenters. The standard InChI is InChI=1S/C22H19BrN4O3/c23-17-6-4-15(5-7-17)20(28)18-19(16-3-1-8-24-13-16)27(22(30)21(18)29)11-2-10-26-12-9-25-14-26/h1,3-9,12-14,19,28H,2,10-11H2. The lowest BCUT2D eigenvalue weighted by atomic mass is 9.96. The molecule has 2 aromatic heterocycles. The van der Waals surface area contributed by atoms with E-state index in [1.165, 1.54) is 4.90 Å². The smallest absolute Gasteiger partial charge is 0.295 e. The van der Waals surface area contributed by atoms with Gasteiger partial charge in [0.15, 0.2) is 0 Å². The maximum atomic E-state index is 12.9. The molecule has 1 amide bonds. The molecule has 0 radical (unpaired) electrons. The minimum Gasteiger partial charge on any atom is -0.507 e. The van der Waals surface area contributed by atoms with E-state index in [0.29, 0.717) is 30.6 Å². The molecule has 3 aromatic rings. The van der Waals surface area contributed by atoms with E-state index < -0.39 is 17.7 Å². The maximum absolute atomic E-state index is 12.9. The van der Waals surface area contributed by atoms with E-state index in [0.717, 1.165) is 4.47 Å². The summed E-state index contributed by atoms with van der Waals surface area (Å²) in [7, 11) is 0. The Morgan fingerprint density at radius 2 is 1.87 bits per heavy atom. The molecule has 1 aliphatic heterocycles. The number of amides is 1. The van der Waals surface area contributed by atoms with Gasteiger partial charge in [-0.05, 0) is 30.2 Å². The molecule has 0 aliphatic carbocycles. The number of benzene rings is 1. The van der Waals surface area contributed by atoms with Gasteiger partial charge in [-0.2, -0.15) is 0 Å². The SMILES string of the molecule is O=C1C(=O)N(CCCn2ccnc2)C(c2cccnc2)C1=C(O)c1ccc(Br)cc1. The second-order valence-corrected chi connectivity index (χ2v) is 7.86. The number of aliphatic hydroxyl groups is 1. The molecule has 0 bridgehead atoms. The first kappa shape index (κ1) is 20.0. The van der Waals surface area contributed by atoms with Crippen LogP contribution in [0.15, 0.2) is 77.6 Å². The van der Waals surface area contributed by atoms with Crippen molar-refractivity contribution in [2.45, 2.75) is 19.0 Å². The Labute approximate surface area is 181 Å². The quantitative estimate of drug-likeness (QED) is 0.340. The molecular formula is C22H19BrN4O3. The number of aliphatic hydroxyl groups excluding tert-OH is 1. The molecule has 7 nitrogen and oxygen atoms in total. The second kappa shape index (κ2) is 8.62. The summed E-state index contributed by atoms with van der Waals surface area (Å²) in [6, 6.07) is 9.82. The van der Waals surface area contributed by atoms with E-state index in [1.54, 1.807) is 61.3 Å². The number of carbonyl (C=O) groups excluding carboxylic acids is 2. The van der Waals surface area contributed by atoms with Gasteiger partial charge < -0.3 is 14.6 Å². The highest BCUT2D eigenvalue weighted by atomic mass is 79.9. The number of imidazole rings is 1. The first-order valence-corrected chi connectivity index (χ1v) is 10.3. The average molecular weight is 467 g/mol. The van der Waals surface area contributed by atoms with Gasteiger partial charge in [0, 0.05) is 47.9 Å². The van der Waals surface area contributed by atoms with Crippen molar-refractivity contribution in [2.24, 2.45) is 0 Å². The van der Waals surface area contributed by atoms with Crippen LogP contribution in [-0.2, 0) is 16.1 Å². The zero-order valence-electron chi connectivity index (χ0n) is 16.0. The Bertz CT molecular complexity index is 1080. The van der Waals surface area contributed by atoms with Gasteiger partial charge in [-0.15, -0.1) is 0 Å². The van der Waals surface area contributed by atoms with Crippen LogP contribution in [0.1, 0.15) is 23.6 Å². The molecule has 4 rings (SSSR count). The van der Waals surface area contributed by atoms with Crippen molar-refractivity contribution in [1.29, 1.82) is 0 Å². The van der Waals surface area contributed by atoms with Crippen molar-refractivity contribution in [1.82, 2.24) is 19.4 Å². The van der Waals surface area contributed by atoms with Gasteiger partial charge in [0.2, 0.25) is 0 Å². The number of hydrogen-bond donors (Lipinski definition) is 1. The third-order valence-electron chi connectivity index (χ3n) is 5.03. The third-order valence-corrected chi connectivity index (χ3v) is 5.56. The van der Waals surface area contributed by atoms with Crippen molar-refractivity contribution >= 4 is 33.4 Å². The Morgan fingerprint density at radius 1 is 1.07 bits per heavy atom. The molecule has 0 spiro atoms. The van der Waals surface area contributed by atoms with Gasteiger partial charge in [-0.25, -0.2) is 4.98 Å². The minimum absolute atomic E-state index is 0.0814. The van der Waals surface area contributed by atoms with Crippen LogP contribution in [-0.4, -0.2) is 42.8 Å². The summed E-state index contributed by atoms with van der Waals surface area (Å²) in [6.07, 6.45) is 9.14. The first-order chi connectivity index (χ1) is 14.6. The molecule has 3 heterocycles. The zero-order valence-corrected chi connectivity index (χ0v) is 17.6. The van der Waals surface area contributed by atoms with Crippen molar-refractivity contribution < 1.29 is 14.7 Å². The van der Waals surface area contributed by atoms with Gasteiger partial charge >= 0.3 is 0 Å². The van der Waals surface area contributed by atoms with Gasteiger partial charge in [0.05, 0.1) is 17.9 Å². The van der Waals surface area contributed by atoms with Crippen molar-refractivity contribution in [3.8, 4) is 0 Å². The van der Waals surface area contributed by atoms with Crippen LogP contribution < -0.4 is 0 Å². The number of carbonyl (C=O) groups is 2. The second-order valence-electron chi connectivity index (χ2n) is 6.94. The Morgan fingerprint density at radius 3 is 2.53 bits per heavy atom. The fourth-order valence-electron chi connectivity index (χ4n) is 3.60. The molecule has 1 aromatic carbocycles. The minimum atomic E-state index is -0.690. The lowest BCUT2D eigenvalue weighted by Gasteiger charge is -2.25. The predicted octanol–water partition coefficient (Wildman–Crippen LogP) is 3.55. The number of halogens is 1. The number of aromatic nitrogens is 3. The van der Waals surface area contributed by atoms with E-state index in [-0.39, 0.29) is 11.3 Å². The van der Waals surface area contributed by atoms with E-state index in [4.69, 9.17) is 0 Å². The number of ketones is 1. The summed E-state index contributed by atoms with van der Waals surface area (Å²) in [6.45, 7) is 1.02. The van der Waals surface area contributed by atoms with Crippen molar-refractivity contribution in [2.75, 3.05) is 6.54 Å². The summed E-state index contributed by atoms with van der Waals surface area (Å²) < 4.78 is 2.76. The van der Waals surface area contributed by atoms with Crippen molar-refractivity contribution in [3.63, 3.8) is 0 Å². The topological polar surface area (TPSA) is 88.3 Å². The fourth-order valence-corrected chi connectivity index (χ4v) is 3.87. The highest BCUT2D eigenvalue weighted by Crippen LogP contribution is 2.39. The molecule has 1 aliphatic rings. The Kier molecular flexibility index (Phi) is 5.76. The highest BCUT2D eigenvalue weighted by Gasteiger charge is 2.45. The van der Waals surface area contributed by atoms with E-state index in [1.807, 2.05) is 10.8 Å². The normalized spacial score (nSPS) is 18.2. The Balaban J connectivity index is 1.71. The summed E-state index contributed by atoms with van der Waals surface area (Å²) >= 11 is 3.36. The van der Waals surface area contributed by atoms with Crippen LogP contribution in [0.2, 0.25) is 0 Å². The maximum Gasteiger partial charge on any atom is 0.295 e. The van der Waals surface area contributed by atoms with Crippen LogP contribution in [0.25, 0.3) is 5.76 Å². The molecule has 1 N–H and O–H groups in total. The number of aryl methyl sites for hydroxylation is 1. The largest absolute Gasteiger partial charge is 0.507 e. The molecule has 1 fully saturated rings. The van der Waals surface area contributed by atoms with Crippen LogP contribution in [0.4, 0.5) is 0 Å². The summed E-state index contributed by atoms with van der Waals surface area (Å²) in [4.78, 5) is 35.5. The van der Waals surface area contributed by atoms with Crippen LogP contribution >= 0.6 is 15.9 Å². The molecule has 8 heteroatoms. The van der Waals surface area contributed by atoms with Gasteiger partial charge in [-0.3, -0.25) is 14.6 Å². The summed E-state index contributed by atoms with van der Waals surface area (Å²) in [5, 5.41) is 11.0. The van der Waals surface area contributed by atoms with E-state index >= 15 is 0 Å². The van der Waals surface area contributed by atoms with E-state index in [9.17, 15) is 14.7 Å². The molecule has 1 saturated heterocycles. The lowest BCUT2D eigenvalue weighted by Crippen LogP contribution is -2.31. The number of nitrogens with zero attached hydrogens (tertiary/aromatic N) is 4. The molecule has 1 atom stereocenters. The lowest BCUT2D eigenvalue weighted by molar-refractivity contribution is -0.139. The van der Waals surface area contributed by atoms with Crippen molar-refractivity contribution in [3.05, 3.63) is 88.7 Å². The van der Waals surface area contributed by atoms with Crippen LogP contribution in [0.5, 0.6) is 0 Å². The Hall–Kier alpha value is -3.26. The highest BCUT2D eigenvalue weighted by molar-refractivity contribution is 9.10. The average Bonchev–Trinajstić information content (AvgIpc) is 3.37. The third kappa shape index (κ3) is 3.91. The van der Waals surface area contributed by atoms with E-state index in [2.05, 4.69) is 25.9 Å².